The van der Waals surface area contributed by atoms with E-state index < -0.39 is 33.6 Å². The molecule has 6 nitrogen and oxygen atoms in total. The normalized spacial score (nSPS) is 14.2. The monoisotopic (exact) mass is 438 g/mol. The molecule has 0 aliphatic carbocycles. The molecule has 2 unspecified atom stereocenters. The summed E-state index contributed by atoms with van der Waals surface area (Å²) in [5.41, 5.74) is 0. The Morgan fingerprint density at radius 1 is 0.621 bits per heavy atom. The van der Waals surface area contributed by atoms with Gasteiger partial charge in [0.25, 0.3) is 0 Å². The Labute approximate surface area is 179 Å². The van der Waals surface area contributed by atoms with E-state index in [9.17, 15) is 18.6 Å². The van der Waals surface area contributed by atoms with Gasteiger partial charge in [0.05, 0.1) is 36.9 Å². The first-order valence-electron chi connectivity index (χ1n) is 11.6. The summed E-state index contributed by atoms with van der Waals surface area (Å²) in [6.45, 7) is 5.47. The Morgan fingerprint density at radius 2 is 0.966 bits per heavy atom. The Kier molecular flexibility index (Phi) is 19.6. The van der Waals surface area contributed by atoms with E-state index in [4.69, 9.17) is 9.47 Å². The van der Waals surface area contributed by atoms with Crippen molar-refractivity contribution in [2.24, 2.45) is 0 Å². The third kappa shape index (κ3) is 20.8. The van der Waals surface area contributed by atoms with Crippen LogP contribution in [0.3, 0.4) is 0 Å². The van der Waals surface area contributed by atoms with Crippen LogP contribution in [0.1, 0.15) is 90.9 Å². The zero-order valence-corrected chi connectivity index (χ0v) is 19.6. The number of hydrogen-bond acceptors (Lipinski definition) is 6. The second kappa shape index (κ2) is 19.7. The standard InChI is InChI=1S/C22H46O6S/c1-3-5-7-9-11-13-15-27-17-21(23)19-29(25,26)20-22(24)18-28-16-14-12-10-8-6-4-2/h21-24H,3-20H2,1-2H3. The van der Waals surface area contributed by atoms with Crippen molar-refractivity contribution in [1.82, 2.24) is 0 Å². The molecule has 0 amide bonds. The molecule has 0 bridgehead atoms. The fourth-order valence-electron chi connectivity index (χ4n) is 3.16. The summed E-state index contributed by atoms with van der Waals surface area (Å²) >= 11 is 0. The van der Waals surface area contributed by atoms with E-state index in [1.165, 1.54) is 51.4 Å². The van der Waals surface area contributed by atoms with Crippen LogP contribution in [0, 0.1) is 0 Å². The molecule has 0 saturated heterocycles. The fraction of sp³-hybridized carbons (Fsp3) is 1.00. The van der Waals surface area contributed by atoms with Crippen LogP contribution in [-0.2, 0) is 19.3 Å². The van der Waals surface area contributed by atoms with Gasteiger partial charge in [0, 0.05) is 13.2 Å². The van der Waals surface area contributed by atoms with Crippen LogP contribution >= 0.6 is 0 Å². The summed E-state index contributed by atoms with van der Waals surface area (Å²) in [6.07, 6.45) is 11.7. The number of sulfone groups is 1. The molecule has 0 aliphatic rings. The molecule has 0 fully saturated rings. The molecule has 7 heteroatoms. The zero-order valence-electron chi connectivity index (χ0n) is 18.8. The molecular weight excluding hydrogens is 392 g/mol. The molecule has 29 heavy (non-hydrogen) atoms. The van der Waals surface area contributed by atoms with Gasteiger partial charge in [0.1, 0.15) is 0 Å². The Morgan fingerprint density at radius 3 is 1.34 bits per heavy atom. The lowest BCUT2D eigenvalue weighted by Gasteiger charge is -2.15. The average Bonchev–Trinajstić information content (AvgIpc) is 2.65. The number of unbranched alkanes of at least 4 members (excludes halogenated alkanes) is 10. The van der Waals surface area contributed by atoms with Crippen LogP contribution < -0.4 is 0 Å². The molecule has 2 N–H and O–H groups in total. The molecule has 0 rings (SSSR count). The molecular formula is C22H46O6S. The van der Waals surface area contributed by atoms with Gasteiger partial charge in [0.2, 0.25) is 0 Å². The van der Waals surface area contributed by atoms with Crippen molar-refractivity contribution in [2.75, 3.05) is 37.9 Å². The molecule has 176 valence electrons. The third-order valence-corrected chi connectivity index (χ3v) is 6.58. The van der Waals surface area contributed by atoms with Crippen LogP contribution in [0.15, 0.2) is 0 Å². The lowest BCUT2D eigenvalue weighted by molar-refractivity contribution is 0.0426. The summed E-state index contributed by atoms with van der Waals surface area (Å²) in [6, 6.07) is 0. The second-order valence-corrected chi connectivity index (χ2v) is 10.2. The first kappa shape index (κ1) is 28.8. The minimum Gasteiger partial charge on any atom is -0.390 e. The summed E-state index contributed by atoms with van der Waals surface area (Å²) < 4.78 is 34.9. The molecule has 0 aromatic carbocycles. The fourth-order valence-corrected chi connectivity index (χ4v) is 4.66. The van der Waals surface area contributed by atoms with E-state index in [1.807, 2.05) is 0 Å². The molecule has 0 aliphatic heterocycles. The van der Waals surface area contributed by atoms with Crippen LogP contribution in [0.5, 0.6) is 0 Å². The highest BCUT2D eigenvalue weighted by Gasteiger charge is 2.21. The van der Waals surface area contributed by atoms with Gasteiger partial charge in [-0.1, -0.05) is 78.1 Å². The predicted molar refractivity (Wildman–Crippen MR) is 119 cm³/mol. The number of ether oxygens (including phenoxy) is 2. The Balaban J connectivity index is 3.70. The van der Waals surface area contributed by atoms with Crippen LogP contribution in [0.4, 0.5) is 0 Å². The lowest BCUT2D eigenvalue weighted by atomic mass is 10.1. The molecule has 0 saturated carbocycles. The number of aliphatic hydroxyl groups is 2. The van der Waals surface area contributed by atoms with Crippen molar-refractivity contribution in [3.63, 3.8) is 0 Å². The maximum Gasteiger partial charge on any atom is 0.155 e. The lowest BCUT2D eigenvalue weighted by Crippen LogP contribution is -2.33. The molecule has 0 aromatic heterocycles. The summed E-state index contributed by atoms with van der Waals surface area (Å²) in [5.74, 6) is -0.782. The molecule has 0 heterocycles. The summed E-state index contributed by atoms with van der Waals surface area (Å²) in [4.78, 5) is 0. The topological polar surface area (TPSA) is 93.1 Å². The molecule has 0 aromatic rings. The largest absolute Gasteiger partial charge is 0.390 e. The first-order chi connectivity index (χ1) is 13.9. The van der Waals surface area contributed by atoms with Crippen molar-refractivity contribution in [3.05, 3.63) is 0 Å². The van der Waals surface area contributed by atoms with Gasteiger partial charge < -0.3 is 19.7 Å². The Bertz CT molecular complexity index is 407. The highest BCUT2D eigenvalue weighted by atomic mass is 32.2. The van der Waals surface area contributed by atoms with Gasteiger partial charge >= 0.3 is 0 Å². The van der Waals surface area contributed by atoms with Crippen molar-refractivity contribution < 1.29 is 28.1 Å². The zero-order chi connectivity index (χ0) is 21.8. The highest BCUT2D eigenvalue weighted by molar-refractivity contribution is 7.91. The maximum atomic E-state index is 12.1. The molecule has 0 spiro atoms. The van der Waals surface area contributed by atoms with Gasteiger partial charge in [-0.2, -0.15) is 0 Å². The van der Waals surface area contributed by atoms with Gasteiger partial charge in [-0.15, -0.1) is 0 Å². The van der Waals surface area contributed by atoms with E-state index in [0.717, 1.165) is 25.7 Å². The van der Waals surface area contributed by atoms with Gasteiger partial charge in [-0.05, 0) is 12.8 Å². The van der Waals surface area contributed by atoms with Crippen molar-refractivity contribution in [1.29, 1.82) is 0 Å². The van der Waals surface area contributed by atoms with E-state index >= 15 is 0 Å². The molecule has 2 atom stereocenters. The molecule has 0 radical (unpaired) electrons. The predicted octanol–water partition coefficient (Wildman–Crippen LogP) is 3.88. The van der Waals surface area contributed by atoms with Crippen molar-refractivity contribution in [3.8, 4) is 0 Å². The smallest absolute Gasteiger partial charge is 0.155 e. The SMILES string of the molecule is CCCCCCCCOCC(O)CS(=O)(=O)CC(O)COCCCCCCCC. The number of rotatable bonds is 22. The quantitative estimate of drug-likeness (QED) is 0.249. The maximum absolute atomic E-state index is 12.1. The summed E-state index contributed by atoms with van der Waals surface area (Å²) in [7, 11) is -3.56. The first-order valence-corrected chi connectivity index (χ1v) is 13.5. The van der Waals surface area contributed by atoms with E-state index in [0.29, 0.717) is 13.2 Å². The van der Waals surface area contributed by atoms with E-state index in [-0.39, 0.29) is 13.2 Å². The minimum absolute atomic E-state index is 0.0127. The van der Waals surface area contributed by atoms with E-state index in [1.54, 1.807) is 0 Å². The summed E-state index contributed by atoms with van der Waals surface area (Å²) in [5, 5.41) is 19.8. The average molecular weight is 439 g/mol. The third-order valence-electron chi connectivity index (χ3n) is 4.80. The van der Waals surface area contributed by atoms with Crippen molar-refractivity contribution in [2.45, 2.75) is 103 Å². The second-order valence-electron chi connectivity index (χ2n) is 8.07. The van der Waals surface area contributed by atoms with Gasteiger partial charge in [-0.25, -0.2) is 8.42 Å². The highest BCUT2D eigenvalue weighted by Crippen LogP contribution is 2.07. The van der Waals surface area contributed by atoms with Crippen LogP contribution in [-0.4, -0.2) is 68.8 Å². The van der Waals surface area contributed by atoms with Gasteiger partial charge in [-0.3, -0.25) is 0 Å². The number of hydrogen-bond donors (Lipinski definition) is 2. The van der Waals surface area contributed by atoms with Crippen LogP contribution in [0.25, 0.3) is 0 Å². The number of aliphatic hydroxyl groups excluding tert-OH is 2. The van der Waals surface area contributed by atoms with Gasteiger partial charge in [0.15, 0.2) is 9.84 Å². The van der Waals surface area contributed by atoms with Crippen molar-refractivity contribution >= 4 is 9.84 Å². The minimum atomic E-state index is -3.56. The van der Waals surface area contributed by atoms with Crippen LogP contribution in [0.2, 0.25) is 0 Å². The van der Waals surface area contributed by atoms with E-state index in [2.05, 4.69) is 13.8 Å². The Hall–Kier alpha value is -0.210.